The summed E-state index contributed by atoms with van der Waals surface area (Å²) >= 11 is 0. The molecule has 4 heteroatoms. The highest BCUT2D eigenvalue weighted by Crippen LogP contribution is 2.17. The van der Waals surface area contributed by atoms with Crippen molar-refractivity contribution in [2.75, 3.05) is 0 Å². The van der Waals surface area contributed by atoms with Gasteiger partial charge in [-0.1, -0.05) is 30.3 Å². The van der Waals surface area contributed by atoms with E-state index in [0.29, 0.717) is 5.56 Å². The molecule has 0 spiro atoms. The van der Waals surface area contributed by atoms with E-state index in [1.165, 1.54) is 11.1 Å². The minimum Gasteiger partial charge on any atom is -0.346 e. The Hall–Kier alpha value is -2.88. The molecule has 1 atom stereocenters. The number of imidazole rings is 1. The van der Waals surface area contributed by atoms with Crippen LogP contribution in [0.25, 0.3) is 0 Å². The molecule has 3 rings (SSSR count). The Morgan fingerprint density at radius 1 is 1.08 bits per heavy atom. The summed E-state index contributed by atoms with van der Waals surface area (Å²) in [5.41, 5.74) is 5.43. The molecule has 0 aliphatic rings. The van der Waals surface area contributed by atoms with Gasteiger partial charge in [-0.25, -0.2) is 4.98 Å². The second-order valence-corrected chi connectivity index (χ2v) is 6.84. The smallest absolute Gasteiger partial charge is 0.251 e. The first-order chi connectivity index (χ1) is 12.4. The molecule has 0 aliphatic carbocycles. The molecule has 1 heterocycles. The second-order valence-electron chi connectivity index (χ2n) is 6.84. The van der Waals surface area contributed by atoms with Crippen LogP contribution in [-0.2, 0) is 6.54 Å². The van der Waals surface area contributed by atoms with Crippen molar-refractivity contribution in [2.24, 2.45) is 0 Å². The van der Waals surface area contributed by atoms with Crippen LogP contribution in [0.5, 0.6) is 0 Å². The lowest BCUT2D eigenvalue weighted by atomic mass is 10.0. The van der Waals surface area contributed by atoms with Crippen LogP contribution in [0.1, 0.15) is 51.4 Å². The molecule has 0 bridgehead atoms. The van der Waals surface area contributed by atoms with Crippen molar-refractivity contribution in [3.8, 4) is 0 Å². The molecule has 1 aromatic heterocycles. The summed E-state index contributed by atoms with van der Waals surface area (Å²) in [7, 11) is 0. The van der Waals surface area contributed by atoms with E-state index >= 15 is 0 Å². The first-order valence-corrected chi connectivity index (χ1v) is 8.88. The van der Waals surface area contributed by atoms with Crippen LogP contribution in [0.2, 0.25) is 0 Å². The lowest BCUT2D eigenvalue weighted by molar-refractivity contribution is 0.0940. The first kappa shape index (κ1) is 17.9. The first-order valence-electron chi connectivity index (χ1n) is 8.88. The highest BCUT2D eigenvalue weighted by Gasteiger charge is 2.12. The summed E-state index contributed by atoms with van der Waals surface area (Å²) < 4.78 is 2.08. The number of aromatic nitrogens is 2. The normalized spacial score (nSPS) is 12.0. The maximum absolute atomic E-state index is 12.5. The van der Waals surface area contributed by atoms with Gasteiger partial charge in [0.25, 0.3) is 5.91 Å². The molecule has 134 valence electrons. The number of amides is 1. The summed E-state index contributed by atoms with van der Waals surface area (Å²) in [4.78, 5) is 16.8. The summed E-state index contributed by atoms with van der Waals surface area (Å²) in [6.45, 7) is 8.93. The van der Waals surface area contributed by atoms with E-state index in [1.54, 1.807) is 6.20 Å². The number of carbonyl (C=O) groups excluding carboxylic acids is 1. The molecule has 1 N–H and O–H groups in total. The zero-order chi connectivity index (χ0) is 18.7. The van der Waals surface area contributed by atoms with E-state index in [1.807, 2.05) is 44.3 Å². The Labute approximate surface area is 154 Å². The highest BCUT2D eigenvalue weighted by molar-refractivity contribution is 5.94. The minimum atomic E-state index is -0.0545. The lowest BCUT2D eigenvalue weighted by Gasteiger charge is -2.16. The molecule has 0 saturated carbocycles. The third-order valence-electron chi connectivity index (χ3n) is 4.87. The van der Waals surface area contributed by atoms with E-state index in [-0.39, 0.29) is 11.9 Å². The van der Waals surface area contributed by atoms with Gasteiger partial charge in [-0.05, 0) is 62.1 Å². The number of hydrogen-bond acceptors (Lipinski definition) is 2. The van der Waals surface area contributed by atoms with Crippen molar-refractivity contribution in [3.05, 3.63) is 88.5 Å². The molecule has 0 saturated heterocycles. The summed E-state index contributed by atoms with van der Waals surface area (Å²) in [5, 5.41) is 3.08. The largest absolute Gasteiger partial charge is 0.346 e. The molecule has 4 nitrogen and oxygen atoms in total. The van der Waals surface area contributed by atoms with Crippen LogP contribution in [0, 0.1) is 20.8 Å². The van der Waals surface area contributed by atoms with E-state index in [4.69, 9.17) is 0 Å². The van der Waals surface area contributed by atoms with Crippen LogP contribution < -0.4 is 5.32 Å². The zero-order valence-corrected chi connectivity index (χ0v) is 15.8. The van der Waals surface area contributed by atoms with Crippen LogP contribution in [0.3, 0.4) is 0 Å². The molecule has 0 radical (unpaired) electrons. The molecular formula is C22H25N3O. The fourth-order valence-corrected chi connectivity index (χ4v) is 2.93. The van der Waals surface area contributed by atoms with Crippen molar-refractivity contribution >= 4 is 5.91 Å². The molecule has 0 unspecified atom stereocenters. The fraction of sp³-hybridized carbons (Fsp3) is 0.273. The van der Waals surface area contributed by atoms with Gasteiger partial charge in [-0.3, -0.25) is 4.79 Å². The fourth-order valence-electron chi connectivity index (χ4n) is 2.93. The SMILES string of the molecule is Cc1ccc([C@@H](C)NC(=O)c2ccc(Cn3ccnc3C)cc2)cc1C. The minimum absolute atomic E-state index is 0.0323. The Balaban J connectivity index is 1.66. The summed E-state index contributed by atoms with van der Waals surface area (Å²) in [5.74, 6) is 0.926. The zero-order valence-electron chi connectivity index (χ0n) is 15.8. The summed E-state index contributed by atoms with van der Waals surface area (Å²) in [6.07, 6.45) is 3.76. The molecule has 26 heavy (non-hydrogen) atoms. The van der Waals surface area contributed by atoms with Gasteiger partial charge in [-0.2, -0.15) is 0 Å². The predicted octanol–water partition coefficient (Wildman–Crippen LogP) is 4.35. The Morgan fingerprint density at radius 3 is 2.42 bits per heavy atom. The molecule has 2 aromatic carbocycles. The van der Waals surface area contributed by atoms with Crippen molar-refractivity contribution < 1.29 is 4.79 Å². The van der Waals surface area contributed by atoms with Gasteiger partial charge >= 0.3 is 0 Å². The van der Waals surface area contributed by atoms with Gasteiger partial charge < -0.3 is 9.88 Å². The molecule has 0 fully saturated rings. The maximum atomic E-state index is 12.5. The Bertz CT molecular complexity index is 909. The van der Waals surface area contributed by atoms with Crippen LogP contribution >= 0.6 is 0 Å². The lowest BCUT2D eigenvalue weighted by Crippen LogP contribution is -2.26. The number of aryl methyl sites for hydroxylation is 3. The van der Waals surface area contributed by atoms with Crippen molar-refractivity contribution in [3.63, 3.8) is 0 Å². The van der Waals surface area contributed by atoms with Gasteiger partial charge in [0.05, 0.1) is 6.04 Å². The third kappa shape index (κ3) is 4.02. The maximum Gasteiger partial charge on any atom is 0.251 e. The molecule has 3 aromatic rings. The summed E-state index contributed by atoms with van der Waals surface area (Å²) in [6, 6.07) is 14.0. The number of nitrogens with zero attached hydrogens (tertiary/aromatic N) is 2. The van der Waals surface area contributed by atoms with Crippen LogP contribution in [0.4, 0.5) is 0 Å². The van der Waals surface area contributed by atoms with Crippen molar-refractivity contribution in [1.29, 1.82) is 0 Å². The number of carbonyl (C=O) groups is 1. The van der Waals surface area contributed by atoms with Gasteiger partial charge in [0.1, 0.15) is 5.82 Å². The van der Waals surface area contributed by atoms with E-state index in [2.05, 4.69) is 46.9 Å². The highest BCUT2D eigenvalue weighted by atomic mass is 16.1. The average molecular weight is 347 g/mol. The van der Waals surface area contributed by atoms with Crippen molar-refractivity contribution in [2.45, 2.75) is 40.3 Å². The van der Waals surface area contributed by atoms with Gasteiger partial charge in [-0.15, -0.1) is 0 Å². The topological polar surface area (TPSA) is 46.9 Å². The number of benzene rings is 2. The van der Waals surface area contributed by atoms with Crippen LogP contribution in [-0.4, -0.2) is 15.5 Å². The monoisotopic (exact) mass is 347 g/mol. The molecular weight excluding hydrogens is 322 g/mol. The molecule has 1 amide bonds. The standard InChI is InChI=1S/C22H25N3O/c1-15-5-8-21(13-16(15)2)17(3)24-22(26)20-9-6-19(7-10-20)14-25-12-11-23-18(25)4/h5-13,17H,14H2,1-4H3,(H,24,26)/t17-/m1/s1. The Morgan fingerprint density at radius 2 is 1.81 bits per heavy atom. The van der Waals surface area contributed by atoms with Crippen molar-refractivity contribution in [1.82, 2.24) is 14.9 Å². The van der Waals surface area contributed by atoms with E-state index < -0.39 is 0 Å². The predicted molar refractivity (Wildman–Crippen MR) is 104 cm³/mol. The number of nitrogens with one attached hydrogen (secondary N) is 1. The van der Waals surface area contributed by atoms with Gasteiger partial charge in [0.15, 0.2) is 0 Å². The average Bonchev–Trinajstić information content (AvgIpc) is 3.02. The number of hydrogen-bond donors (Lipinski definition) is 1. The molecule has 0 aliphatic heterocycles. The van der Waals surface area contributed by atoms with E-state index in [0.717, 1.165) is 23.5 Å². The second kappa shape index (κ2) is 7.56. The third-order valence-corrected chi connectivity index (χ3v) is 4.87. The van der Waals surface area contributed by atoms with Gasteiger partial charge in [0, 0.05) is 24.5 Å². The number of rotatable bonds is 5. The Kier molecular flexibility index (Phi) is 5.21. The van der Waals surface area contributed by atoms with E-state index in [9.17, 15) is 4.79 Å². The van der Waals surface area contributed by atoms with Crippen LogP contribution in [0.15, 0.2) is 54.9 Å². The van der Waals surface area contributed by atoms with Gasteiger partial charge in [0.2, 0.25) is 0 Å². The quantitative estimate of drug-likeness (QED) is 0.746.